The Bertz CT molecular complexity index is 865. The van der Waals surface area contributed by atoms with Crippen LogP contribution in [0.3, 0.4) is 0 Å². The number of urea groups is 1. The molecule has 26 heavy (non-hydrogen) atoms. The summed E-state index contributed by atoms with van der Waals surface area (Å²) in [6, 6.07) is 12.8. The summed E-state index contributed by atoms with van der Waals surface area (Å²) in [7, 11) is 0. The minimum atomic E-state index is -0.537. The molecular formula is C19H17BrN2O4. The molecule has 0 aliphatic carbocycles. The van der Waals surface area contributed by atoms with E-state index in [9.17, 15) is 9.59 Å². The molecule has 134 valence electrons. The lowest BCUT2D eigenvalue weighted by molar-refractivity contribution is -0.115. The summed E-state index contributed by atoms with van der Waals surface area (Å²) in [5.74, 6) is 0.678. The maximum absolute atomic E-state index is 11.7. The van der Waals surface area contributed by atoms with E-state index in [1.165, 1.54) is 0 Å². The highest BCUT2D eigenvalue weighted by molar-refractivity contribution is 9.10. The number of nitrogens with one attached hydrogen (secondary N) is 2. The Kier molecular flexibility index (Phi) is 5.58. The first kappa shape index (κ1) is 18.0. The van der Waals surface area contributed by atoms with Crippen LogP contribution >= 0.6 is 15.9 Å². The Morgan fingerprint density at radius 2 is 1.77 bits per heavy atom. The number of ether oxygens (including phenoxy) is 2. The molecule has 1 aliphatic rings. The smallest absolute Gasteiger partial charge is 0.326 e. The number of amides is 3. The number of halogens is 1. The van der Waals surface area contributed by atoms with Gasteiger partial charge in [0.2, 0.25) is 0 Å². The Hall–Kier alpha value is -2.80. The molecule has 0 unspecified atom stereocenters. The van der Waals surface area contributed by atoms with E-state index >= 15 is 0 Å². The molecule has 0 atom stereocenters. The molecule has 2 aromatic carbocycles. The SMILES string of the molecule is CCOc1cc(/C=C2/NC(=O)NC2=O)c(Br)cc1OCc1ccccc1. The summed E-state index contributed by atoms with van der Waals surface area (Å²) in [5, 5.41) is 4.63. The highest BCUT2D eigenvalue weighted by Crippen LogP contribution is 2.35. The van der Waals surface area contributed by atoms with Gasteiger partial charge in [-0.15, -0.1) is 0 Å². The molecule has 1 aliphatic heterocycles. The molecule has 1 fully saturated rings. The topological polar surface area (TPSA) is 76.7 Å². The van der Waals surface area contributed by atoms with Crippen molar-refractivity contribution >= 4 is 33.9 Å². The van der Waals surface area contributed by atoms with E-state index in [2.05, 4.69) is 26.6 Å². The molecule has 0 spiro atoms. The van der Waals surface area contributed by atoms with Gasteiger partial charge < -0.3 is 14.8 Å². The van der Waals surface area contributed by atoms with E-state index in [0.717, 1.165) is 5.56 Å². The second-order valence-electron chi connectivity index (χ2n) is 5.49. The molecular weight excluding hydrogens is 400 g/mol. The van der Waals surface area contributed by atoms with E-state index in [0.29, 0.717) is 34.7 Å². The minimum absolute atomic E-state index is 0.177. The average Bonchev–Trinajstić information content (AvgIpc) is 2.94. The van der Waals surface area contributed by atoms with Gasteiger partial charge in [-0.05, 0) is 36.3 Å². The second-order valence-corrected chi connectivity index (χ2v) is 6.35. The zero-order valence-electron chi connectivity index (χ0n) is 14.0. The first-order chi connectivity index (χ1) is 12.6. The normalized spacial score (nSPS) is 14.9. The van der Waals surface area contributed by atoms with Gasteiger partial charge in [-0.25, -0.2) is 4.79 Å². The van der Waals surface area contributed by atoms with Gasteiger partial charge in [0.05, 0.1) is 6.61 Å². The number of hydrogen-bond acceptors (Lipinski definition) is 4. The molecule has 6 nitrogen and oxygen atoms in total. The number of benzene rings is 2. The molecule has 1 saturated heterocycles. The van der Waals surface area contributed by atoms with Gasteiger partial charge >= 0.3 is 6.03 Å². The Balaban J connectivity index is 1.87. The van der Waals surface area contributed by atoms with Crippen molar-refractivity contribution in [3.8, 4) is 11.5 Å². The number of carbonyl (C=O) groups is 2. The molecule has 3 amide bonds. The first-order valence-electron chi connectivity index (χ1n) is 8.04. The standard InChI is InChI=1S/C19H17BrN2O4/c1-2-25-16-9-13(8-15-18(23)22-19(24)21-15)14(20)10-17(16)26-11-12-6-4-3-5-7-12/h3-10H,2,11H2,1H3,(H2,21,22,23,24)/b15-8+. The number of hydrogen-bond donors (Lipinski definition) is 2. The fourth-order valence-corrected chi connectivity index (χ4v) is 2.85. The van der Waals surface area contributed by atoms with E-state index < -0.39 is 11.9 Å². The quantitative estimate of drug-likeness (QED) is 0.556. The van der Waals surface area contributed by atoms with Crippen LogP contribution in [0.1, 0.15) is 18.1 Å². The monoisotopic (exact) mass is 416 g/mol. The van der Waals surface area contributed by atoms with Crippen LogP contribution in [-0.4, -0.2) is 18.5 Å². The highest BCUT2D eigenvalue weighted by atomic mass is 79.9. The number of imide groups is 1. The zero-order chi connectivity index (χ0) is 18.5. The predicted octanol–water partition coefficient (Wildman–Crippen LogP) is 3.61. The van der Waals surface area contributed by atoms with Gasteiger partial charge in [-0.1, -0.05) is 46.3 Å². The fourth-order valence-electron chi connectivity index (χ4n) is 2.42. The number of rotatable bonds is 6. The summed E-state index contributed by atoms with van der Waals surface area (Å²) >= 11 is 3.48. The van der Waals surface area contributed by atoms with Crippen LogP contribution < -0.4 is 20.1 Å². The van der Waals surface area contributed by atoms with Crippen LogP contribution in [0.25, 0.3) is 6.08 Å². The van der Waals surface area contributed by atoms with Crippen LogP contribution in [0.2, 0.25) is 0 Å². The average molecular weight is 417 g/mol. The van der Waals surface area contributed by atoms with Crippen molar-refractivity contribution in [2.45, 2.75) is 13.5 Å². The molecule has 1 heterocycles. The lowest BCUT2D eigenvalue weighted by atomic mass is 10.1. The van der Waals surface area contributed by atoms with Crippen molar-refractivity contribution in [1.29, 1.82) is 0 Å². The molecule has 0 bridgehead atoms. The Labute approximate surface area is 159 Å². The molecule has 2 aromatic rings. The lowest BCUT2D eigenvalue weighted by Gasteiger charge is -2.14. The fraction of sp³-hybridized carbons (Fsp3) is 0.158. The number of carbonyl (C=O) groups excluding carboxylic acids is 2. The molecule has 7 heteroatoms. The maximum Gasteiger partial charge on any atom is 0.326 e. The molecule has 0 radical (unpaired) electrons. The minimum Gasteiger partial charge on any atom is -0.490 e. The Morgan fingerprint density at radius 3 is 2.42 bits per heavy atom. The van der Waals surface area contributed by atoms with Gasteiger partial charge in [0, 0.05) is 4.47 Å². The summed E-state index contributed by atoms with van der Waals surface area (Å²) in [6.45, 7) is 2.76. The van der Waals surface area contributed by atoms with Crippen molar-refractivity contribution in [3.05, 3.63) is 63.8 Å². The molecule has 0 saturated carbocycles. The van der Waals surface area contributed by atoms with E-state index in [-0.39, 0.29) is 5.70 Å². The van der Waals surface area contributed by atoms with E-state index in [1.807, 2.05) is 37.3 Å². The van der Waals surface area contributed by atoms with Gasteiger partial charge in [-0.2, -0.15) is 0 Å². The zero-order valence-corrected chi connectivity index (χ0v) is 15.6. The van der Waals surface area contributed by atoms with Gasteiger partial charge in [0.15, 0.2) is 11.5 Å². The van der Waals surface area contributed by atoms with Gasteiger partial charge in [0.1, 0.15) is 12.3 Å². The van der Waals surface area contributed by atoms with Crippen molar-refractivity contribution in [3.63, 3.8) is 0 Å². The van der Waals surface area contributed by atoms with Crippen LogP contribution in [0.5, 0.6) is 11.5 Å². The Morgan fingerprint density at radius 1 is 1.04 bits per heavy atom. The highest BCUT2D eigenvalue weighted by Gasteiger charge is 2.23. The third-order valence-electron chi connectivity index (χ3n) is 3.62. The largest absolute Gasteiger partial charge is 0.490 e. The molecule has 2 N–H and O–H groups in total. The van der Waals surface area contributed by atoms with Crippen LogP contribution in [0.4, 0.5) is 4.79 Å². The lowest BCUT2D eigenvalue weighted by Crippen LogP contribution is -2.22. The first-order valence-corrected chi connectivity index (χ1v) is 8.83. The van der Waals surface area contributed by atoms with Crippen LogP contribution in [0, 0.1) is 0 Å². The van der Waals surface area contributed by atoms with E-state index in [1.54, 1.807) is 18.2 Å². The van der Waals surface area contributed by atoms with Crippen LogP contribution in [-0.2, 0) is 11.4 Å². The van der Waals surface area contributed by atoms with Crippen molar-refractivity contribution in [2.75, 3.05) is 6.61 Å². The van der Waals surface area contributed by atoms with Gasteiger partial charge in [-0.3, -0.25) is 10.1 Å². The second kappa shape index (κ2) is 8.05. The van der Waals surface area contributed by atoms with Crippen molar-refractivity contribution in [2.24, 2.45) is 0 Å². The summed E-state index contributed by atoms with van der Waals surface area (Å²) in [6.07, 6.45) is 1.58. The molecule has 3 rings (SSSR count). The van der Waals surface area contributed by atoms with Crippen molar-refractivity contribution < 1.29 is 19.1 Å². The van der Waals surface area contributed by atoms with Gasteiger partial charge in [0.25, 0.3) is 5.91 Å². The van der Waals surface area contributed by atoms with E-state index in [4.69, 9.17) is 9.47 Å². The predicted molar refractivity (Wildman–Crippen MR) is 101 cm³/mol. The van der Waals surface area contributed by atoms with Crippen LogP contribution in [0.15, 0.2) is 52.6 Å². The third kappa shape index (κ3) is 4.23. The summed E-state index contributed by atoms with van der Waals surface area (Å²) in [4.78, 5) is 22.9. The third-order valence-corrected chi connectivity index (χ3v) is 4.31. The summed E-state index contributed by atoms with van der Waals surface area (Å²) < 4.78 is 12.3. The summed E-state index contributed by atoms with van der Waals surface area (Å²) in [5.41, 5.74) is 1.91. The molecule has 0 aromatic heterocycles. The van der Waals surface area contributed by atoms with Crippen molar-refractivity contribution in [1.82, 2.24) is 10.6 Å². The maximum atomic E-state index is 11.7.